The van der Waals surface area contributed by atoms with Crippen LogP contribution in [-0.2, 0) is 5.54 Å². The first-order valence-electron chi connectivity index (χ1n) is 8.90. The Kier molecular flexibility index (Phi) is 4.43. The SMILES string of the molecule is CC(C)(NC(=O)Nc1ccc2c(c1)OCCO2)c1ccc2c(c1)OCCO2. The van der Waals surface area contributed by atoms with E-state index in [1.54, 1.807) is 18.2 Å². The molecular weight excluding hydrogens is 348 g/mol. The first-order valence-corrected chi connectivity index (χ1v) is 8.90. The number of anilines is 1. The van der Waals surface area contributed by atoms with Gasteiger partial charge in [-0.3, -0.25) is 0 Å². The third-order valence-corrected chi connectivity index (χ3v) is 4.49. The van der Waals surface area contributed by atoms with Gasteiger partial charge < -0.3 is 29.6 Å². The van der Waals surface area contributed by atoms with E-state index < -0.39 is 5.54 Å². The van der Waals surface area contributed by atoms with E-state index in [-0.39, 0.29) is 6.03 Å². The Labute approximate surface area is 157 Å². The van der Waals surface area contributed by atoms with Crippen LogP contribution in [0.15, 0.2) is 36.4 Å². The minimum absolute atomic E-state index is 0.313. The number of ether oxygens (including phenoxy) is 4. The number of hydrogen-bond donors (Lipinski definition) is 2. The molecule has 2 aromatic rings. The van der Waals surface area contributed by atoms with Gasteiger partial charge in [0.15, 0.2) is 23.0 Å². The largest absolute Gasteiger partial charge is 0.486 e. The molecule has 7 nitrogen and oxygen atoms in total. The third kappa shape index (κ3) is 3.72. The van der Waals surface area contributed by atoms with Gasteiger partial charge in [0, 0.05) is 11.8 Å². The average Bonchev–Trinajstić information content (AvgIpc) is 2.67. The monoisotopic (exact) mass is 370 g/mol. The van der Waals surface area contributed by atoms with E-state index in [0.29, 0.717) is 49.4 Å². The summed E-state index contributed by atoms with van der Waals surface area (Å²) in [6.45, 7) is 5.97. The number of amides is 2. The molecule has 0 unspecified atom stereocenters. The van der Waals surface area contributed by atoms with Crippen molar-refractivity contribution in [2.75, 3.05) is 31.7 Å². The molecule has 0 aromatic heterocycles. The zero-order chi connectivity index (χ0) is 18.9. The standard InChI is InChI=1S/C20H22N2O5/c1-20(2,13-3-5-15-17(11-13)26-9-7-24-15)22-19(23)21-14-4-6-16-18(12-14)27-10-8-25-16/h3-6,11-12H,7-10H2,1-2H3,(H2,21,22,23). The van der Waals surface area contributed by atoms with Crippen LogP contribution < -0.4 is 29.6 Å². The highest BCUT2D eigenvalue weighted by atomic mass is 16.6. The number of benzene rings is 2. The summed E-state index contributed by atoms with van der Waals surface area (Å²) in [4.78, 5) is 12.5. The lowest BCUT2D eigenvalue weighted by atomic mass is 9.94. The molecule has 0 radical (unpaired) electrons. The van der Waals surface area contributed by atoms with Gasteiger partial charge in [0.05, 0.1) is 5.54 Å². The van der Waals surface area contributed by atoms with Gasteiger partial charge in [-0.05, 0) is 43.7 Å². The number of carbonyl (C=O) groups is 1. The van der Waals surface area contributed by atoms with Gasteiger partial charge in [-0.2, -0.15) is 0 Å². The van der Waals surface area contributed by atoms with Crippen LogP contribution in [0.3, 0.4) is 0 Å². The number of hydrogen-bond acceptors (Lipinski definition) is 5. The van der Waals surface area contributed by atoms with Crippen LogP contribution in [-0.4, -0.2) is 32.5 Å². The van der Waals surface area contributed by atoms with Crippen LogP contribution >= 0.6 is 0 Å². The molecule has 0 fully saturated rings. The van der Waals surface area contributed by atoms with Crippen molar-refractivity contribution in [2.24, 2.45) is 0 Å². The normalized spacial score (nSPS) is 15.0. The second kappa shape index (κ2) is 6.90. The summed E-state index contributed by atoms with van der Waals surface area (Å²) in [6.07, 6.45) is 0. The van der Waals surface area contributed by atoms with Gasteiger partial charge in [0.25, 0.3) is 0 Å². The first-order chi connectivity index (χ1) is 13.0. The highest BCUT2D eigenvalue weighted by molar-refractivity contribution is 5.90. The van der Waals surface area contributed by atoms with Crippen LogP contribution in [0.4, 0.5) is 10.5 Å². The van der Waals surface area contributed by atoms with E-state index in [0.717, 1.165) is 11.3 Å². The van der Waals surface area contributed by atoms with Crippen molar-refractivity contribution in [2.45, 2.75) is 19.4 Å². The maximum Gasteiger partial charge on any atom is 0.319 e. The lowest BCUT2D eigenvalue weighted by molar-refractivity contribution is 0.171. The minimum Gasteiger partial charge on any atom is -0.486 e. The van der Waals surface area contributed by atoms with Crippen molar-refractivity contribution in [3.8, 4) is 23.0 Å². The van der Waals surface area contributed by atoms with Gasteiger partial charge >= 0.3 is 6.03 Å². The highest BCUT2D eigenvalue weighted by Crippen LogP contribution is 2.35. The van der Waals surface area contributed by atoms with E-state index in [4.69, 9.17) is 18.9 Å². The molecule has 2 aliphatic rings. The van der Waals surface area contributed by atoms with Crippen molar-refractivity contribution in [1.82, 2.24) is 5.32 Å². The molecule has 142 valence electrons. The Balaban J connectivity index is 1.45. The number of fused-ring (bicyclic) bond motifs is 2. The van der Waals surface area contributed by atoms with Gasteiger partial charge in [0.2, 0.25) is 0 Å². The smallest absolute Gasteiger partial charge is 0.319 e. The van der Waals surface area contributed by atoms with Crippen LogP contribution in [0, 0.1) is 0 Å². The summed E-state index contributed by atoms with van der Waals surface area (Å²) in [6, 6.07) is 10.7. The Hall–Kier alpha value is -3.09. The van der Waals surface area contributed by atoms with Gasteiger partial charge in [-0.25, -0.2) is 4.79 Å². The third-order valence-electron chi connectivity index (χ3n) is 4.49. The topological polar surface area (TPSA) is 78.1 Å². The Morgan fingerprint density at radius 3 is 2.04 bits per heavy atom. The molecule has 2 amide bonds. The summed E-state index contributed by atoms with van der Waals surface area (Å²) in [5.41, 5.74) is 0.951. The maximum atomic E-state index is 12.5. The van der Waals surface area contributed by atoms with Crippen LogP contribution in [0.1, 0.15) is 19.4 Å². The maximum absolute atomic E-state index is 12.5. The zero-order valence-corrected chi connectivity index (χ0v) is 15.3. The fraction of sp³-hybridized carbons (Fsp3) is 0.350. The van der Waals surface area contributed by atoms with Crippen LogP contribution in [0.2, 0.25) is 0 Å². The molecular formula is C20H22N2O5. The molecule has 2 heterocycles. The number of carbonyl (C=O) groups excluding carboxylic acids is 1. The lowest BCUT2D eigenvalue weighted by Gasteiger charge is -2.29. The molecule has 0 atom stereocenters. The van der Waals surface area contributed by atoms with Crippen molar-refractivity contribution in [1.29, 1.82) is 0 Å². The first kappa shape index (κ1) is 17.3. The summed E-state index contributed by atoms with van der Waals surface area (Å²) in [5.74, 6) is 2.73. The predicted octanol–water partition coefficient (Wildman–Crippen LogP) is 3.29. The summed E-state index contributed by atoms with van der Waals surface area (Å²) in [5, 5.41) is 5.83. The number of urea groups is 1. The predicted molar refractivity (Wildman–Crippen MR) is 100 cm³/mol. The van der Waals surface area contributed by atoms with Crippen LogP contribution in [0.5, 0.6) is 23.0 Å². The summed E-state index contributed by atoms with van der Waals surface area (Å²) < 4.78 is 22.2. The Morgan fingerprint density at radius 2 is 1.37 bits per heavy atom. The lowest BCUT2D eigenvalue weighted by Crippen LogP contribution is -2.43. The van der Waals surface area contributed by atoms with Crippen molar-refractivity contribution in [3.63, 3.8) is 0 Å². The average molecular weight is 370 g/mol. The molecule has 0 saturated heterocycles. The molecule has 4 rings (SSSR count). The van der Waals surface area contributed by atoms with E-state index >= 15 is 0 Å². The number of nitrogens with one attached hydrogen (secondary N) is 2. The number of rotatable bonds is 3. The molecule has 0 saturated carbocycles. The molecule has 2 aromatic carbocycles. The summed E-state index contributed by atoms with van der Waals surface area (Å²) in [7, 11) is 0. The van der Waals surface area contributed by atoms with Crippen molar-refractivity contribution < 1.29 is 23.7 Å². The van der Waals surface area contributed by atoms with Gasteiger partial charge in [-0.15, -0.1) is 0 Å². The molecule has 2 aliphatic heterocycles. The summed E-state index contributed by atoms with van der Waals surface area (Å²) >= 11 is 0. The quantitative estimate of drug-likeness (QED) is 0.867. The molecule has 7 heteroatoms. The fourth-order valence-corrected chi connectivity index (χ4v) is 3.07. The van der Waals surface area contributed by atoms with Crippen molar-refractivity contribution >= 4 is 11.7 Å². The fourth-order valence-electron chi connectivity index (χ4n) is 3.07. The van der Waals surface area contributed by atoms with E-state index in [1.807, 2.05) is 32.0 Å². The molecule has 27 heavy (non-hydrogen) atoms. The zero-order valence-electron chi connectivity index (χ0n) is 15.3. The van der Waals surface area contributed by atoms with E-state index in [9.17, 15) is 4.79 Å². The molecule has 0 aliphatic carbocycles. The minimum atomic E-state index is -0.603. The van der Waals surface area contributed by atoms with Gasteiger partial charge in [-0.1, -0.05) is 6.07 Å². The Bertz CT molecular complexity index is 865. The van der Waals surface area contributed by atoms with Gasteiger partial charge in [0.1, 0.15) is 26.4 Å². The van der Waals surface area contributed by atoms with E-state index in [2.05, 4.69) is 10.6 Å². The highest BCUT2D eigenvalue weighted by Gasteiger charge is 2.25. The van der Waals surface area contributed by atoms with Crippen LogP contribution in [0.25, 0.3) is 0 Å². The van der Waals surface area contributed by atoms with E-state index in [1.165, 1.54) is 0 Å². The molecule has 2 N–H and O–H groups in total. The van der Waals surface area contributed by atoms with Crippen molar-refractivity contribution in [3.05, 3.63) is 42.0 Å². The molecule has 0 bridgehead atoms. The Morgan fingerprint density at radius 1 is 0.815 bits per heavy atom. The second-order valence-corrected chi connectivity index (χ2v) is 6.92. The second-order valence-electron chi connectivity index (χ2n) is 6.92. The molecule has 0 spiro atoms.